The van der Waals surface area contributed by atoms with Crippen LogP contribution in [0, 0.1) is 12.0 Å². The Morgan fingerprint density at radius 2 is 2.07 bits per heavy atom. The number of hydrogen-bond donors (Lipinski definition) is 1. The number of amides is 1. The summed E-state index contributed by atoms with van der Waals surface area (Å²) in [6.45, 7) is 3.94. The average molecular weight is 203 g/mol. The van der Waals surface area contributed by atoms with E-state index in [0.29, 0.717) is 6.61 Å². The summed E-state index contributed by atoms with van der Waals surface area (Å²) in [6.07, 6.45) is 2.57. The predicted octanol–water partition coefficient (Wildman–Crippen LogP) is 1.99. The van der Waals surface area contributed by atoms with Crippen LogP contribution < -0.4 is 5.32 Å². The number of carbonyl (C=O) groups excluding carboxylic acids is 1. The summed E-state index contributed by atoms with van der Waals surface area (Å²) in [4.78, 5) is 10.7. The lowest BCUT2D eigenvalue weighted by atomic mass is 10.2. The van der Waals surface area contributed by atoms with E-state index in [4.69, 9.17) is 4.74 Å². The lowest BCUT2D eigenvalue weighted by Crippen LogP contribution is -2.05. The molecule has 1 aromatic rings. The van der Waals surface area contributed by atoms with Gasteiger partial charge in [0.2, 0.25) is 5.91 Å². The van der Waals surface area contributed by atoms with Gasteiger partial charge in [0, 0.05) is 18.2 Å². The molecule has 3 nitrogen and oxygen atoms in total. The standard InChI is InChI=1S/C12H13NO2/c1-3-15-9-8-11-4-6-12(7-5-11)13-10(2)14/h4-7H,3H2,1-2H3,(H,13,14). The van der Waals surface area contributed by atoms with Gasteiger partial charge in [-0.05, 0) is 37.1 Å². The first-order valence-corrected chi connectivity index (χ1v) is 4.73. The molecule has 1 N–H and O–H groups in total. The summed E-state index contributed by atoms with van der Waals surface area (Å²) >= 11 is 0. The van der Waals surface area contributed by atoms with Gasteiger partial charge in [-0.2, -0.15) is 0 Å². The van der Waals surface area contributed by atoms with Crippen molar-refractivity contribution in [2.45, 2.75) is 13.8 Å². The number of hydrogen-bond acceptors (Lipinski definition) is 2. The monoisotopic (exact) mass is 203 g/mol. The maximum absolute atomic E-state index is 10.7. The molecule has 0 aliphatic carbocycles. The highest BCUT2D eigenvalue weighted by atomic mass is 16.5. The van der Waals surface area contributed by atoms with Crippen molar-refractivity contribution in [2.24, 2.45) is 0 Å². The van der Waals surface area contributed by atoms with Gasteiger partial charge in [-0.15, -0.1) is 0 Å². The fraction of sp³-hybridized carbons (Fsp3) is 0.250. The highest BCUT2D eigenvalue weighted by Gasteiger charge is 1.94. The van der Waals surface area contributed by atoms with E-state index >= 15 is 0 Å². The molecule has 0 unspecified atom stereocenters. The van der Waals surface area contributed by atoms with Gasteiger partial charge < -0.3 is 10.1 Å². The molecular formula is C12H13NO2. The minimum atomic E-state index is -0.0804. The zero-order chi connectivity index (χ0) is 11.1. The van der Waals surface area contributed by atoms with Crippen molar-refractivity contribution in [1.29, 1.82) is 0 Å². The smallest absolute Gasteiger partial charge is 0.221 e. The van der Waals surface area contributed by atoms with Gasteiger partial charge in [-0.25, -0.2) is 0 Å². The van der Waals surface area contributed by atoms with Gasteiger partial charge in [-0.3, -0.25) is 4.79 Å². The van der Waals surface area contributed by atoms with Crippen molar-refractivity contribution >= 4 is 11.6 Å². The van der Waals surface area contributed by atoms with Crippen molar-refractivity contribution in [2.75, 3.05) is 11.9 Å². The summed E-state index contributed by atoms with van der Waals surface area (Å²) in [6, 6.07) is 7.27. The van der Waals surface area contributed by atoms with Crippen LogP contribution in [-0.2, 0) is 9.53 Å². The normalized spacial score (nSPS) is 8.67. The van der Waals surface area contributed by atoms with Gasteiger partial charge in [0.25, 0.3) is 0 Å². The third kappa shape index (κ3) is 4.19. The molecule has 0 atom stereocenters. The summed E-state index contributed by atoms with van der Waals surface area (Å²) < 4.78 is 4.90. The quantitative estimate of drug-likeness (QED) is 0.746. The van der Waals surface area contributed by atoms with Crippen LogP contribution in [0.5, 0.6) is 0 Å². The number of carbonyl (C=O) groups is 1. The number of nitrogens with one attached hydrogen (secondary N) is 1. The highest BCUT2D eigenvalue weighted by Crippen LogP contribution is 2.08. The molecule has 0 aliphatic rings. The van der Waals surface area contributed by atoms with Crippen LogP contribution in [0.15, 0.2) is 24.3 Å². The van der Waals surface area contributed by atoms with E-state index in [1.54, 1.807) is 12.1 Å². The fourth-order valence-electron chi connectivity index (χ4n) is 1.01. The molecule has 3 heteroatoms. The lowest BCUT2D eigenvalue weighted by molar-refractivity contribution is -0.114. The van der Waals surface area contributed by atoms with E-state index < -0.39 is 0 Å². The van der Waals surface area contributed by atoms with Gasteiger partial charge in [0.1, 0.15) is 6.11 Å². The average Bonchev–Trinajstić information content (AvgIpc) is 2.20. The van der Waals surface area contributed by atoms with Crippen LogP contribution in [0.25, 0.3) is 0 Å². The first-order chi connectivity index (χ1) is 7.22. The molecule has 0 saturated carbocycles. The number of anilines is 1. The molecule has 1 aromatic carbocycles. The van der Waals surface area contributed by atoms with Crippen molar-refractivity contribution in [3.63, 3.8) is 0 Å². The first-order valence-electron chi connectivity index (χ1n) is 4.73. The second kappa shape index (κ2) is 5.71. The lowest BCUT2D eigenvalue weighted by Gasteiger charge is -2.00. The van der Waals surface area contributed by atoms with Gasteiger partial charge in [0.05, 0.1) is 6.61 Å². The van der Waals surface area contributed by atoms with Crippen LogP contribution in [0.2, 0.25) is 0 Å². The Labute approximate surface area is 89.4 Å². The summed E-state index contributed by atoms with van der Waals surface area (Å²) in [5.41, 5.74) is 1.63. The third-order valence-corrected chi connectivity index (χ3v) is 1.62. The molecular weight excluding hydrogens is 190 g/mol. The van der Waals surface area contributed by atoms with E-state index in [1.165, 1.54) is 6.92 Å². The summed E-state index contributed by atoms with van der Waals surface area (Å²) in [5.74, 6) is 2.76. The number of ether oxygens (including phenoxy) is 1. The molecule has 1 amide bonds. The zero-order valence-electron chi connectivity index (χ0n) is 8.83. The van der Waals surface area contributed by atoms with Crippen LogP contribution in [0.1, 0.15) is 19.4 Å². The molecule has 0 aliphatic heterocycles. The second-order valence-electron chi connectivity index (χ2n) is 2.92. The molecule has 0 heterocycles. The van der Waals surface area contributed by atoms with Crippen molar-refractivity contribution in [3.05, 3.63) is 29.8 Å². The van der Waals surface area contributed by atoms with Crippen molar-refractivity contribution < 1.29 is 9.53 Å². The van der Waals surface area contributed by atoms with Gasteiger partial charge >= 0.3 is 0 Å². The molecule has 1 rings (SSSR count). The Hall–Kier alpha value is -1.95. The number of benzene rings is 1. The Morgan fingerprint density at radius 1 is 1.40 bits per heavy atom. The maximum atomic E-state index is 10.7. The first kappa shape index (κ1) is 11.1. The Kier molecular flexibility index (Phi) is 4.24. The molecule has 78 valence electrons. The van der Waals surface area contributed by atoms with E-state index in [-0.39, 0.29) is 5.91 Å². The number of rotatable bonds is 2. The van der Waals surface area contributed by atoms with E-state index in [0.717, 1.165) is 11.3 Å². The van der Waals surface area contributed by atoms with Gasteiger partial charge in [-0.1, -0.05) is 0 Å². The molecule has 0 radical (unpaired) electrons. The third-order valence-electron chi connectivity index (χ3n) is 1.62. The van der Waals surface area contributed by atoms with Crippen LogP contribution in [-0.4, -0.2) is 12.5 Å². The second-order valence-corrected chi connectivity index (χ2v) is 2.92. The van der Waals surface area contributed by atoms with Crippen LogP contribution >= 0.6 is 0 Å². The molecule has 0 bridgehead atoms. The Balaban J connectivity index is 2.65. The zero-order valence-corrected chi connectivity index (χ0v) is 8.83. The topological polar surface area (TPSA) is 38.3 Å². The molecule has 0 aromatic heterocycles. The van der Waals surface area contributed by atoms with Crippen molar-refractivity contribution in [1.82, 2.24) is 0 Å². The summed E-state index contributed by atoms with van der Waals surface area (Å²) in [5, 5.41) is 2.68. The highest BCUT2D eigenvalue weighted by molar-refractivity contribution is 5.88. The largest absolute Gasteiger partial charge is 0.447 e. The molecule has 0 spiro atoms. The molecule has 15 heavy (non-hydrogen) atoms. The Morgan fingerprint density at radius 3 is 2.60 bits per heavy atom. The van der Waals surface area contributed by atoms with E-state index in [9.17, 15) is 4.79 Å². The van der Waals surface area contributed by atoms with Crippen molar-refractivity contribution in [3.8, 4) is 12.0 Å². The van der Waals surface area contributed by atoms with Gasteiger partial charge in [0.15, 0.2) is 0 Å². The molecule has 0 saturated heterocycles. The summed E-state index contributed by atoms with van der Waals surface area (Å²) in [7, 11) is 0. The fourth-order valence-corrected chi connectivity index (χ4v) is 1.01. The predicted molar refractivity (Wildman–Crippen MR) is 59.2 cm³/mol. The molecule has 0 fully saturated rings. The van der Waals surface area contributed by atoms with E-state index in [2.05, 4.69) is 17.3 Å². The van der Waals surface area contributed by atoms with Crippen LogP contribution in [0.3, 0.4) is 0 Å². The Bertz CT molecular complexity index is 384. The maximum Gasteiger partial charge on any atom is 0.221 e. The minimum Gasteiger partial charge on any atom is -0.447 e. The van der Waals surface area contributed by atoms with E-state index in [1.807, 2.05) is 19.1 Å². The SMILES string of the molecule is CCOC#Cc1ccc(NC(C)=O)cc1. The minimum absolute atomic E-state index is 0.0804. The van der Waals surface area contributed by atoms with Crippen LogP contribution in [0.4, 0.5) is 5.69 Å².